The first-order valence-corrected chi connectivity index (χ1v) is 5.68. The Balaban J connectivity index is 3.59. The molecule has 0 amide bonds. The van der Waals surface area contributed by atoms with Crippen LogP contribution in [-0.4, -0.2) is 61.9 Å². The highest BCUT2D eigenvalue weighted by Crippen LogP contribution is 2.07. The van der Waals surface area contributed by atoms with Crippen LogP contribution in [0.1, 0.15) is 20.3 Å². The minimum atomic E-state index is -0.561. The lowest BCUT2D eigenvalue weighted by atomic mass is 10.0. The number of aliphatic hydroxyl groups excluding tert-OH is 2. The highest BCUT2D eigenvalue weighted by Gasteiger charge is 2.20. The van der Waals surface area contributed by atoms with E-state index in [4.69, 9.17) is 14.6 Å². The number of β-amino-alcohol motifs (C(OH)–C–C–N with tert-alkyl or cyclic N) is 1. The molecular formula is C11H25NO4. The molecule has 5 nitrogen and oxygen atoms in total. The number of methoxy groups -OCH3 is 1. The summed E-state index contributed by atoms with van der Waals surface area (Å²) in [6.07, 6.45) is 0.245. The summed E-state index contributed by atoms with van der Waals surface area (Å²) in [4.78, 5) is 0. The average Bonchev–Trinajstić information content (AvgIpc) is 2.31. The fourth-order valence-corrected chi connectivity index (χ4v) is 1.08. The van der Waals surface area contributed by atoms with Crippen molar-refractivity contribution in [1.29, 1.82) is 0 Å². The molecule has 0 aromatic carbocycles. The summed E-state index contributed by atoms with van der Waals surface area (Å²) in [5.41, 5.74) is -0.326. The molecule has 98 valence electrons. The summed E-state index contributed by atoms with van der Waals surface area (Å²) < 4.78 is 10.0. The molecule has 0 saturated carbocycles. The van der Waals surface area contributed by atoms with E-state index in [2.05, 4.69) is 5.32 Å². The van der Waals surface area contributed by atoms with Crippen LogP contribution in [0.25, 0.3) is 0 Å². The summed E-state index contributed by atoms with van der Waals surface area (Å²) in [6.45, 7) is 5.68. The number of rotatable bonds is 10. The van der Waals surface area contributed by atoms with Crippen LogP contribution >= 0.6 is 0 Å². The van der Waals surface area contributed by atoms with Crippen LogP contribution in [0.3, 0.4) is 0 Å². The molecule has 0 saturated heterocycles. The Morgan fingerprint density at radius 3 is 2.56 bits per heavy atom. The van der Waals surface area contributed by atoms with Gasteiger partial charge in [-0.1, -0.05) is 6.92 Å². The minimum absolute atomic E-state index is 0.0563. The summed E-state index contributed by atoms with van der Waals surface area (Å²) >= 11 is 0. The van der Waals surface area contributed by atoms with Crippen LogP contribution < -0.4 is 5.32 Å². The van der Waals surface area contributed by atoms with Crippen molar-refractivity contribution in [3.8, 4) is 0 Å². The van der Waals surface area contributed by atoms with E-state index < -0.39 is 6.10 Å². The van der Waals surface area contributed by atoms with Gasteiger partial charge in [-0.25, -0.2) is 0 Å². The summed E-state index contributed by atoms with van der Waals surface area (Å²) in [5, 5.41) is 21.9. The lowest BCUT2D eigenvalue weighted by Crippen LogP contribution is -2.48. The third-order valence-electron chi connectivity index (χ3n) is 2.64. The Labute approximate surface area is 97.8 Å². The molecule has 0 fully saturated rings. The maximum atomic E-state index is 9.59. The van der Waals surface area contributed by atoms with Gasteiger partial charge in [0.1, 0.15) is 0 Å². The predicted molar refractivity (Wildman–Crippen MR) is 62.5 cm³/mol. The second kappa shape index (κ2) is 8.90. The smallest absolute Gasteiger partial charge is 0.0897 e. The van der Waals surface area contributed by atoms with Gasteiger partial charge in [-0.2, -0.15) is 0 Å². The molecule has 2 atom stereocenters. The average molecular weight is 235 g/mol. The van der Waals surface area contributed by atoms with Crippen molar-refractivity contribution in [3.05, 3.63) is 0 Å². The van der Waals surface area contributed by atoms with Crippen molar-refractivity contribution in [1.82, 2.24) is 5.32 Å². The molecule has 0 spiro atoms. The lowest BCUT2D eigenvalue weighted by Gasteiger charge is -2.28. The number of aliphatic hydroxyl groups is 2. The number of hydrogen-bond donors (Lipinski definition) is 3. The van der Waals surface area contributed by atoms with Crippen molar-refractivity contribution in [3.63, 3.8) is 0 Å². The Kier molecular flexibility index (Phi) is 8.78. The van der Waals surface area contributed by atoms with Crippen molar-refractivity contribution in [2.45, 2.75) is 31.9 Å². The van der Waals surface area contributed by atoms with Crippen LogP contribution in [0.15, 0.2) is 0 Å². The Morgan fingerprint density at radius 1 is 1.38 bits per heavy atom. The number of nitrogens with one attached hydrogen (secondary N) is 1. The number of ether oxygens (including phenoxy) is 2. The van der Waals surface area contributed by atoms with Gasteiger partial charge in [-0.05, 0) is 13.3 Å². The van der Waals surface area contributed by atoms with Crippen molar-refractivity contribution < 1.29 is 19.7 Å². The Hall–Kier alpha value is -0.200. The summed E-state index contributed by atoms with van der Waals surface area (Å²) in [6, 6.07) is 0. The van der Waals surface area contributed by atoms with Gasteiger partial charge in [0.15, 0.2) is 0 Å². The second-order valence-corrected chi connectivity index (χ2v) is 4.17. The first kappa shape index (κ1) is 15.8. The molecule has 0 aromatic rings. The van der Waals surface area contributed by atoms with E-state index in [1.54, 1.807) is 7.11 Å². The van der Waals surface area contributed by atoms with E-state index in [-0.39, 0.29) is 18.8 Å². The first-order valence-electron chi connectivity index (χ1n) is 5.68. The largest absolute Gasteiger partial charge is 0.394 e. The van der Waals surface area contributed by atoms with Gasteiger partial charge in [0.25, 0.3) is 0 Å². The summed E-state index contributed by atoms with van der Waals surface area (Å²) in [5.74, 6) is 0. The zero-order valence-corrected chi connectivity index (χ0v) is 10.5. The predicted octanol–water partition coefficient (Wildman–Crippen LogP) is -0.239. The minimum Gasteiger partial charge on any atom is -0.394 e. The molecule has 0 aliphatic carbocycles. The van der Waals surface area contributed by atoms with Crippen LogP contribution in [0.5, 0.6) is 0 Å². The van der Waals surface area contributed by atoms with Crippen LogP contribution in [0.2, 0.25) is 0 Å². The van der Waals surface area contributed by atoms with Gasteiger partial charge in [0.2, 0.25) is 0 Å². The van der Waals surface area contributed by atoms with E-state index in [9.17, 15) is 5.11 Å². The topological polar surface area (TPSA) is 71.0 Å². The monoisotopic (exact) mass is 235 g/mol. The molecular weight excluding hydrogens is 210 g/mol. The fraction of sp³-hybridized carbons (Fsp3) is 1.00. The highest BCUT2D eigenvalue weighted by molar-refractivity contribution is 4.81. The van der Waals surface area contributed by atoms with Gasteiger partial charge in [0, 0.05) is 19.2 Å². The zero-order valence-electron chi connectivity index (χ0n) is 10.5. The third-order valence-corrected chi connectivity index (χ3v) is 2.64. The molecule has 0 radical (unpaired) electrons. The van der Waals surface area contributed by atoms with E-state index >= 15 is 0 Å². The Bertz CT molecular complexity index is 162. The SMILES string of the molecule is CCC(C)(CO)NCC(O)COCCOC. The summed E-state index contributed by atoms with van der Waals surface area (Å²) in [7, 11) is 1.61. The molecule has 0 aromatic heterocycles. The van der Waals surface area contributed by atoms with E-state index in [0.29, 0.717) is 19.8 Å². The van der Waals surface area contributed by atoms with Crippen LogP contribution in [0, 0.1) is 0 Å². The standard InChI is InChI=1S/C11H25NO4/c1-4-11(2,9-13)12-7-10(14)8-16-6-5-15-3/h10,12-14H,4-9H2,1-3H3. The molecule has 0 aliphatic rings. The molecule has 0 bridgehead atoms. The lowest BCUT2D eigenvalue weighted by molar-refractivity contribution is 0.00940. The molecule has 0 heterocycles. The maximum Gasteiger partial charge on any atom is 0.0897 e. The first-order chi connectivity index (χ1) is 7.58. The molecule has 16 heavy (non-hydrogen) atoms. The maximum absolute atomic E-state index is 9.59. The van der Waals surface area contributed by atoms with Crippen molar-refractivity contribution in [2.24, 2.45) is 0 Å². The number of hydrogen-bond acceptors (Lipinski definition) is 5. The van der Waals surface area contributed by atoms with Gasteiger partial charge >= 0.3 is 0 Å². The fourth-order valence-electron chi connectivity index (χ4n) is 1.08. The van der Waals surface area contributed by atoms with Crippen molar-refractivity contribution >= 4 is 0 Å². The van der Waals surface area contributed by atoms with Gasteiger partial charge in [-0.3, -0.25) is 0 Å². The van der Waals surface area contributed by atoms with E-state index in [1.165, 1.54) is 0 Å². The van der Waals surface area contributed by atoms with Crippen molar-refractivity contribution in [2.75, 3.05) is 40.1 Å². The molecule has 0 aliphatic heterocycles. The zero-order chi connectivity index (χ0) is 12.4. The Morgan fingerprint density at radius 2 is 2.06 bits per heavy atom. The van der Waals surface area contributed by atoms with Crippen LogP contribution in [0.4, 0.5) is 0 Å². The van der Waals surface area contributed by atoms with Crippen LogP contribution in [-0.2, 0) is 9.47 Å². The van der Waals surface area contributed by atoms with E-state index in [0.717, 1.165) is 6.42 Å². The third kappa shape index (κ3) is 7.14. The molecule has 3 N–H and O–H groups in total. The molecule has 2 unspecified atom stereocenters. The van der Waals surface area contributed by atoms with Gasteiger partial charge in [-0.15, -0.1) is 0 Å². The molecule has 5 heteroatoms. The second-order valence-electron chi connectivity index (χ2n) is 4.17. The molecule has 0 rings (SSSR count). The van der Waals surface area contributed by atoms with Gasteiger partial charge < -0.3 is 25.0 Å². The quantitative estimate of drug-likeness (QED) is 0.456. The van der Waals surface area contributed by atoms with Gasteiger partial charge in [0.05, 0.1) is 32.5 Å². The highest BCUT2D eigenvalue weighted by atomic mass is 16.5. The normalized spacial score (nSPS) is 17.1. The van der Waals surface area contributed by atoms with E-state index in [1.807, 2.05) is 13.8 Å².